The zero-order valence-corrected chi connectivity index (χ0v) is 17.8. The molecule has 1 aromatic rings. The summed E-state index contributed by atoms with van der Waals surface area (Å²) in [6, 6.07) is 2.27. The quantitative estimate of drug-likeness (QED) is 0.684. The molecule has 28 heavy (non-hydrogen) atoms. The Morgan fingerprint density at radius 3 is 2.64 bits per heavy atom. The number of aliphatic hydroxyl groups is 1. The molecule has 0 saturated carbocycles. The molecule has 2 saturated heterocycles. The van der Waals surface area contributed by atoms with Crippen LogP contribution in [-0.4, -0.2) is 97.4 Å². The minimum Gasteiger partial charge on any atom is -0.387 e. The first-order valence-corrected chi connectivity index (χ1v) is 11.7. The Hall–Kier alpha value is -1.49. The highest BCUT2D eigenvalue weighted by atomic mass is 32.2. The van der Waals surface area contributed by atoms with Crippen LogP contribution in [-0.2, 0) is 10.0 Å². The summed E-state index contributed by atoms with van der Waals surface area (Å²) in [4.78, 5) is 12.7. The second-order valence-electron chi connectivity index (χ2n) is 8.28. The Bertz CT molecular complexity index is 766. The van der Waals surface area contributed by atoms with Gasteiger partial charge in [0.05, 0.1) is 11.9 Å². The van der Waals surface area contributed by atoms with E-state index < -0.39 is 15.6 Å². The zero-order chi connectivity index (χ0) is 20.4. The van der Waals surface area contributed by atoms with E-state index >= 15 is 0 Å². The number of rotatable bonds is 6. The lowest BCUT2D eigenvalue weighted by Gasteiger charge is -2.42. The Balaban J connectivity index is 1.51. The zero-order valence-electron chi connectivity index (χ0n) is 17.0. The van der Waals surface area contributed by atoms with Crippen LogP contribution in [0.15, 0.2) is 12.4 Å². The summed E-state index contributed by atoms with van der Waals surface area (Å²) >= 11 is 0. The van der Waals surface area contributed by atoms with Crippen LogP contribution < -0.4 is 10.2 Å². The van der Waals surface area contributed by atoms with Gasteiger partial charge in [-0.15, -0.1) is 0 Å². The molecule has 10 heteroatoms. The fourth-order valence-electron chi connectivity index (χ4n) is 4.01. The number of hydrogen-bond acceptors (Lipinski definition) is 8. The van der Waals surface area contributed by atoms with Crippen molar-refractivity contribution in [3.63, 3.8) is 0 Å². The van der Waals surface area contributed by atoms with Crippen molar-refractivity contribution in [3.05, 3.63) is 12.4 Å². The molecule has 0 amide bonds. The van der Waals surface area contributed by atoms with Crippen LogP contribution in [0.1, 0.15) is 25.7 Å². The molecule has 0 radical (unpaired) electrons. The largest absolute Gasteiger partial charge is 0.387 e. The lowest BCUT2D eigenvalue weighted by molar-refractivity contribution is -0.0383. The first kappa shape index (κ1) is 21.2. The van der Waals surface area contributed by atoms with Crippen LogP contribution in [0.3, 0.4) is 0 Å². The molecule has 0 spiro atoms. The molecule has 1 aromatic heterocycles. The molecular formula is C18H32N6O3S. The molecule has 3 rings (SSSR count). The summed E-state index contributed by atoms with van der Waals surface area (Å²) in [5, 5.41) is 14.4. The van der Waals surface area contributed by atoms with E-state index in [4.69, 9.17) is 0 Å². The average Bonchev–Trinajstić information content (AvgIpc) is 2.63. The number of likely N-dealkylation sites (tertiary alicyclic amines) is 1. The van der Waals surface area contributed by atoms with E-state index in [1.165, 1.54) is 10.6 Å². The van der Waals surface area contributed by atoms with E-state index in [-0.39, 0.29) is 6.54 Å². The van der Waals surface area contributed by atoms with Gasteiger partial charge in [0.25, 0.3) is 0 Å². The normalized spacial score (nSPS) is 25.6. The summed E-state index contributed by atoms with van der Waals surface area (Å²) in [5.74, 6) is 1.69. The third-order valence-electron chi connectivity index (χ3n) is 5.56. The molecule has 2 N–H and O–H groups in total. The average molecular weight is 413 g/mol. The number of nitrogens with zero attached hydrogens (tertiary/aromatic N) is 5. The fraction of sp³-hybridized carbons (Fsp3) is 0.778. The molecule has 2 aliphatic heterocycles. The van der Waals surface area contributed by atoms with Crippen molar-refractivity contribution in [2.75, 3.05) is 63.3 Å². The lowest BCUT2D eigenvalue weighted by Crippen LogP contribution is -2.56. The van der Waals surface area contributed by atoms with E-state index in [1.54, 1.807) is 6.33 Å². The molecule has 1 unspecified atom stereocenters. The molecule has 158 valence electrons. The van der Waals surface area contributed by atoms with Crippen molar-refractivity contribution in [2.45, 2.75) is 37.3 Å². The Kier molecular flexibility index (Phi) is 6.43. The summed E-state index contributed by atoms with van der Waals surface area (Å²) in [5.41, 5.74) is -0.963. The lowest BCUT2D eigenvalue weighted by atomic mass is 9.92. The maximum Gasteiger partial charge on any atom is 0.211 e. The first-order valence-electron chi connectivity index (χ1n) is 9.80. The van der Waals surface area contributed by atoms with Crippen LogP contribution in [0.25, 0.3) is 0 Å². The highest BCUT2D eigenvalue weighted by Crippen LogP contribution is 2.26. The minimum atomic E-state index is -3.26. The second kappa shape index (κ2) is 8.48. The highest BCUT2D eigenvalue weighted by molar-refractivity contribution is 7.88. The van der Waals surface area contributed by atoms with Gasteiger partial charge < -0.3 is 20.2 Å². The van der Waals surface area contributed by atoms with Gasteiger partial charge in [0, 0.05) is 58.9 Å². The predicted molar refractivity (Wildman–Crippen MR) is 110 cm³/mol. The SMILES string of the molecule is CN(C)c1cc(NC2CCN(CC3(O)CCCN(S(C)(=O)=O)C3)CC2)ncn1. The maximum atomic E-state index is 11.8. The fourth-order valence-corrected chi connectivity index (χ4v) is 4.95. The summed E-state index contributed by atoms with van der Waals surface area (Å²) in [7, 11) is 0.638. The number of anilines is 2. The molecule has 3 heterocycles. The van der Waals surface area contributed by atoms with Crippen LogP contribution in [0.2, 0.25) is 0 Å². The van der Waals surface area contributed by atoms with Gasteiger partial charge >= 0.3 is 0 Å². The maximum absolute atomic E-state index is 11.8. The smallest absolute Gasteiger partial charge is 0.211 e. The van der Waals surface area contributed by atoms with Gasteiger partial charge in [-0.25, -0.2) is 18.4 Å². The first-order chi connectivity index (χ1) is 13.1. The van der Waals surface area contributed by atoms with Gasteiger partial charge in [-0.05, 0) is 25.7 Å². The molecule has 2 aliphatic rings. The number of piperidine rings is 2. The molecule has 0 bridgehead atoms. The van der Waals surface area contributed by atoms with E-state index in [1.807, 2.05) is 25.1 Å². The second-order valence-corrected chi connectivity index (χ2v) is 10.3. The van der Waals surface area contributed by atoms with Crippen molar-refractivity contribution in [1.29, 1.82) is 0 Å². The Morgan fingerprint density at radius 2 is 2.00 bits per heavy atom. The van der Waals surface area contributed by atoms with Crippen LogP contribution >= 0.6 is 0 Å². The minimum absolute atomic E-state index is 0.193. The van der Waals surface area contributed by atoms with Crippen LogP contribution in [0, 0.1) is 0 Å². The molecular weight excluding hydrogens is 380 g/mol. The van der Waals surface area contributed by atoms with Gasteiger partial charge in [0.15, 0.2) is 0 Å². The van der Waals surface area contributed by atoms with Crippen molar-refractivity contribution in [2.24, 2.45) is 0 Å². The summed E-state index contributed by atoms with van der Waals surface area (Å²) < 4.78 is 25.1. The van der Waals surface area contributed by atoms with Crippen molar-refractivity contribution < 1.29 is 13.5 Å². The Labute approximate surface area is 167 Å². The summed E-state index contributed by atoms with van der Waals surface area (Å²) in [6.45, 7) is 2.94. The third-order valence-corrected chi connectivity index (χ3v) is 6.81. The van der Waals surface area contributed by atoms with Crippen LogP contribution in [0.5, 0.6) is 0 Å². The summed E-state index contributed by atoms with van der Waals surface area (Å²) in [6.07, 6.45) is 6.03. The van der Waals surface area contributed by atoms with Crippen molar-refractivity contribution in [1.82, 2.24) is 19.2 Å². The molecule has 0 aromatic carbocycles. The topological polar surface area (TPSA) is 102 Å². The number of aromatic nitrogens is 2. The standard InChI is InChI=1S/C18H32N6O3S/c1-22(2)17-11-16(19-14-20-17)21-15-5-9-23(10-6-15)12-18(25)7-4-8-24(13-18)28(3,26)27/h11,14-15,25H,4-10,12-13H2,1-3H3,(H,19,20,21). The Morgan fingerprint density at radius 1 is 1.29 bits per heavy atom. The molecule has 9 nitrogen and oxygen atoms in total. The van der Waals surface area contributed by atoms with Crippen molar-refractivity contribution in [3.8, 4) is 0 Å². The van der Waals surface area contributed by atoms with Crippen molar-refractivity contribution >= 4 is 21.7 Å². The highest BCUT2D eigenvalue weighted by Gasteiger charge is 2.38. The van der Waals surface area contributed by atoms with Gasteiger partial charge in [0.1, 0.15) is 18.0 Å². The van der Waals surface area contributed by atoms with Gasteiger partial charge in [0.2, 0.25) is 10.0 Å². The monoisotopic (exact) mass is 412 g/mol. The van der Waals surface area contributed by atoms with E-state index in [9.17, 15) is 13.5 Å². The number of β-amino-alcohol motifs (C(OH)–C–C–N with tert-alkyl or cyclic N) is 1. The number of nitrogens with one attached hydrogen (secondary N) is 1. The number of hydrogen-bond donors (Lipinski definition) is 2. The third kappa shape index (κ3) is 5.53. The molecule has 1 atom stereocenters. The number of sulfonamides is 1. The van der Waals surface area contributed by atoms with Gasteiger partial charge in [-0.1, -0.05) is 0 Å². The van der Waals surface area contributed by atoms with E-state index in [0.29, 0.717) is 32.0 Å². The predicted octanol–water partition coefficient (Wildman–Crippen LogP) is 0.205. The van der Waals surface area contributed by atoms with E-state index in [0.717, 1.165) is 37.6 Å². The van der Waals surface area contributed by atoms with Crippen LogP contribution in [0.4, 0.5) is 11.6 Å². The van der Waals surface area contributed by atoms with Gasteiger partial charge in [-0.3, -0.25) is 0 Å². The molecule has 2 fully saturated rings. The molecule has 0 aliphatic carbocycles. The van der Waals surface area contributed by atoms with E-state index in [2.05, 4.69) is 20.2 Å². The van der Waals surface area contributed by atoms with Gasteiger partial charge in [-0.2, -0.15) is 4.31 Å².